The summed E-state index contributed by atoms with van der Waals surface area (Å²) in [5.41, 5.74) is 3.44. The maximum absolute atomic E-state index is 13.7. The average molecular weight is 284 g/mol. The number of nitrogens with one attached hydrogen (secondary N) is 1. The first-order valence-electron chi connectivity index (χ1n) is 6.87. The fourth-order valence-electron chi connectivity index (χ4n) is 2.34. The highest BCUT2D eigenvalue weighted by Crippen LogP contribution is 2.22. The van der Waals surface area contributed by atoms with Crippen molar-refractivity contribution in [3.05, 3.63) is 59.2 Å². The summed E-state index contributed by atoms with van der Waals surface area (Å²) in [5.74, 6) is 0.660. The number of benzene rings is 1. The summed E-state index contributed by atoms with van der Waals surface area (Å²) >= 11 is 0. The molecule has 3 aromatic rings. The standard InChI is InChI=1S/C16H17FN4/c1-10-6-15-18-9-19-21(15)16(7-10)20-12(3)13-5-4-11(2)14(17)8-13/h4-9,12,20H,1-3H3. The molecule has 2 aromatic heterocycles. The van der Waals surface area contributed by atoms with Gasteiger partial charge in [0, 0.05) is 0 Å². The molecule has 2 heterocycles. The van der Waals surface area contributed by atoms with Crippen LogP contribution in [0, 0.1) is 19.7 Å². The molecule has 0 aliphatic rings. The molecule has 4 nitrogen and oxygen atoms in total. The molecule has 0 aliphatic heterocycles. The van der Waals surface area contributed by atoms with Gasteiger partial charge in [-0.15, -0.1) is 0 Å². The Morgan fingerprint density at radius 3 is 2.76 bits per heavy atom. The van der Waals surface area contributed by atoms with E-state index in [1.807, 2.05) is 32.0 Å². The van der Waals surface area contributed by atoms with Gasteiger partial charge in [0.05, 0.1) is 6.04 Å². The van der Waals surface area contributed by atoms with Gasteiger partial charge in [-0.2, -0.15) is 9.61 Å². The van der Waals surface area contributed by atoms with Crippen LogP contribution >= 0.6 is 0 Å². The van der Waals surface area contributed by atoms with Gasteiger partial charge in [0.25, 0.3) is 0 Å². The third kappa shape index (κ3) is 2.59. The molecule has 0 radical (unpaired) electrons. The van der Waals surface area contributed by atoms with Crippen LogP contribution in [0.4, 0.5) is 10.2 Å². The van der Waals surface area contributed by atoms with E-state index in [1.165, 1.54) is 6.33 Å². The maximum atomic E-state index is 13.7. The second kappa shape index (κ2) is 5.16. The Kier molecular flexibility index (Phi) is 3.33. The normalized spacial score (nSPS) is 12.6. The molecule has 108 valence electrons. The third-order valence-corrected chi connectivity index (χ3v) is 3.58. The number of aryl methyl sites for hydroxylation is 2. The minimum absolute atomic E-state index is 0.0331. The molecule has 0 bridgehead atoms. The number of halogens is 1. The van der Waals surface area contributed by atoms with Crippen molar-refractivity contribution in [1.82, 2.24) is 14.6 Å². The van der Waals surface area contributed by atoms with E-state index in [1.54, 1.807) is 23.6 Å². The van der Waals surface area contributed by atoms with Crippen molar-refractivity contribution in [1.29, 1.82) is 0 Å². The van der Waals surface area contributed by atoms with Crippen LogP contribution in [0.2, 0.25) is 0 Å². The molecule has 0 saturated carbocycles. The summed E-state index contributed by atoms with van der Waals surface area (Å²) in [6.45, 7) is 5.77. The molecule has 0 fully saturated rings. The first-order valence-corrected chi connectivity index (χ1v) is 6.87. The molecular weight excluding hydrogens is 267 g/mol. The number of fused-ring (bicyclic) bond motifs is 1. The zero-order valence-corrected chi connectivity index (χ0v) is 12.3. The van der Waals surface area contributed by atoms with Crippen LogP contribution < -0.4 is 5.32 Å². The Balaban J connectivity index is 1.94. The van der Waals surface area contributed by atoms with Crippen molar-refractivity contribution in [3.63, 3.8) is 0 Å². The second-order valence-corrected chi connectivity index (χ2v) is 5.32. The number of rotatable bonds is 3. The van der Waals surface area contributed by atoms with E-state index >= 15 is 0 Å². The molecular formula is C16H17FN4. The van der Waals surface area contributed by atoms with Crippen molar-refractivity contribution in [2.45, 2.75) is 26.8 Å². The highest BCUT2D eigenvalue weighted by Gasteiger charge is 2.11. The summed E-state index contributed by atoms with van der Waals surface area (Å²) in [7, 11) is 0. The Labute approximate surface area is 122 Å². The number of nitrogens with zero attached hydrogens (tertiary/aromatic N) is 3. The maximum Gasteiger partial charge on any atom is 0.157 e. The molecule has 3 rings (SSSR count). The van der Waals surface area contributed by atoms with Crippen LogP contribution in [-0.2, 0) is 0 Å². The average Bonchev–Trinajstić information content (AvgIpc) is 2.90. The predicted octanol–water partition coefficient (Wildman–Crippen LogP) is 3.66. The van der Waals surface area contributed by atoms with Gasteiger partial charge in [0.2, 0.25) is 0 Å². The number of hydrogen-bond donors (Lipinski definition) is 1. The van der Waals surface area contributed by atoms with Gasteiger partial charge in [-0.3, -0.25) is 0 Å². The number of pyridine rings is 1. The highest BCUT2D eigenvalue weighted by molar-refractivity contribution is 5.52. The molecule has 1 N–H and O–H groups in total. The molecule has 0 saturated heterocycles. The minimum Gasteiger partial charge on any atom is -0.363 e. The Hall–Kier alpha value is -2.43. The first-order chi connectivity index (χ1) is 10.0. The zero-order chi connectivity index (χ0) is 15.0. The van der Waals surface area contributed by atoms with Crippen molar-refractivity contribution in [3.8, 4) is 0 Å². The molecule has 0 spiro atoms. The largest absolute Gasteiger partial charge is 0.363 e. The predicted molar refractivity (Wildman–Crippen MR) is 80.9 cm³/mol. The Morgan fingerprint density at radius 1 is 1.19 bits per heavy atom. The Morgan fingerprint density at radius 2 is 2.00 bits per heavy atom. The van der Waals surface area contributed by atoms with Crippen LogP contribution in [0.1, 0.15) is 29.7 Å². The molecule has 0 amide bonds. The lowest BCUT2D eigenvalue weighted by Gasteiger charge is -2.17. The van der Waals surface area contributed by atoms with E-state index in [9.17, 15) is 4.39 Å². The fourth-order valence-corrected chi connectivity index (χ4v) is 2.34. The van der Waals surface area contributed by atoms with E-state index < -0.39 is 0 Å². The molecule has 5 heteroatoms. The van der Waals surface area contributed by atoms with E-state index in [0.29, 0.717) is 5.56 Å². The van der Waals surface area contributed by atoms with Crippen LogP contribution in [0.5, 0.6) is 0 Å². The van der Waals surface area contributed by atoms with Crippen LogP contribution in [0.3, 0.4) is 0 Å². The lowest BCUT2D eigenvalue weighted by Crippen LogP contribution is -2.11. The van der Waals surface area contributed by atoms with Crippen LogP contribution in [-0.4, -0.2) is 14.6 Å². The van der Waals surface area contributed by atoms with Gasteiger partial charge >= 0.3 is 0 Å². The van der Waals surface area contributed by atoms with Crippen molar-refractivity contribution in [2.75, 3.05) is 5.32 Å². The number of aromatic nitrogens is 3. The molecule has 1 unspecified atom stereocenters. The van der Waals surface area contributed by atoms with Gasteiger partial charge in [0.1, 0.15) is 18.0 Å². The highest BCUT2D eigenvalue weighted by atomic mass is 19.1. The molecule has 1 atom stereocenters. The van der Waals surface area contributed by atoms with E-state index in [0.717, 1.165) is 22.6 Å². The summed E-state index contributed by atoms with van der Waals surface area (Å²) in [4.78, 5) is 4.20. The molecule has 1 aromatic carbocycles. The SMILES string of the molecule is Cc1cc(NC(C)c2ccc(C)c(F)c2)n2ncnc2c1. The first kappa shape index (κ1) is 13.5. The number of hydrogen-bond acceptors (Lipinski definition) is 3. The van der Waals surface area contributed by atoms with Gasteiger partial charge < -0.3 is 5.32 Å². The minimum atomic E-state index is -0.184. The quantitative estimate of drug-likeness (QED) is 0.798. The summed E-state index contributed by atoms with van der Waals surface area (Å²) in [6, 6.07) is 9.24. The smallest absolute Gasteiger partial charge is 0.157 e. The van der Waals surface area contributed by atoms with Gasteiger partial charge in [-0.1, -0.05) is 12.1 Å². The van der Waals surface area contributed by atoms with Crippen molar-refractivity contribution >= 4 is 11.5 Å². The third-order valence-electron chi connectivity index (χ3n) is 3.58. The zero-order valence-electron chi connectivity index (χ0n) is 12.3. The summed E-state index contributed by atoms with van der Waals surface area (Å²) in [6.07, 6.45) is 1.52. The molecule has 21 heavy (non-hydrogen) atoms. The van der Waals surface area contributed by atoms with Gasteiger partial charge in [-0.05, 0) is 55.7 Å². The summed E-state index contributed by atoms with van der Waals surface area (Å²) in [5, 5.41) is 7.58. The lowest BCUT2D eigenvalue weighted by atomic mass is 10.1. The van der Waals surface area contributed by atoms with Gasteiger partial charge in [0.15, 0.2) is 5.65 Å². The lowest BCUT2D eigenvalue weighted by molar-refractivity contribution is 0.614. The fraction of sp³-hybridized carbons (Fsp3) is 0.250. The summed E-state index contributed by atoms with van der Waals surface area (Å²) < 4.78 is 15.4. The number of anilines is 1. The van der Waals surface area contributed by atoms with E-state index in [-0.39, 0.29) is 11.9 Å². The monoisotopic (exact) mass is 284 g/mol. The Bertz CT molecular complexity index is 794. The van der Waals surface area contributed by atoms with Crippen molar-refractivity contribution in [2.24, 2.45) is 0 Å². The van der Waals surface area contributed by atoms with E-state index in [4.69, 9.17) is 0 Å². The van der Waals surface area contributed by atoms with Crippen LogP contribution in [0.25, 0.3) is 5.65 Å². The second-order valence-electron chi connectivity index (χ2n) is 5.32. The van der Waals surface area contributed by atoms with E-state index in [2.05, 4.69) is 15.4 Å². The topological polar surface area (TPSA) is 42.2 Å². The van der Waals surface area contributed by atoms with Crippen molar-refractivity contribution < 1.29 is 4.39 Å². The molecule has 0 aliphatic carbocycles. The van der Waals surface area contributed by atoms with Crippen LogP contribution in [0.15, 0.2) is 36.7 Å². The van der Waals surface area contributed by atoms with Gasteiger partial charge in [-0.25, -0.2) is 9.37 Å².